The van der Waals surface area contributed by atoms with Gasteiger partial charge in [-0.15, -0.1) is 0 Å². The van der Waals surface area contributed by atoms with Crippen molar-refractivity contribution in [1.82, 2.24) is 9.80 Å². The van der Waals surface area contributed by atoms with Crippen LogP contribution in [-0.2, 0) is 17.8 Å². The van der Waals surface area contributed by atoms with Crippen LogP contribution >= 0.6 is 11.6 Å². The lowest BCUT2D eigenvalue weighted by atomic mass is 10.1. The predicted octanol–water partition coefficient (Wildman–Crippen LogP) is 3.86. The third-order valence-corrected chi connectivity index (χ3v) is 4.18. The minimum atomic E-state index is 0.190. The largest absolute Gasteiger partial charge is 0.337 e. The summed E-state index contributed by atoms with van der Waals surface area (Å²) in [6, 6.07) is 17.9. The Morgan fingerprint density at radius 3 is 2.21 bits per heavy atom. The molecule has 128 valence electrons. The fourth-order valence-electron chi connectivity index (χ4n) is 2.48. The Balaban J connectivity index is 1.96. The Kier molecular flexibility index (Phi) is 7.29. The van der Waals surface area contributed by atoms with Crippen LogP contribution in [0.25, 0.3) is 0 Å². The van der Waals surface area contributed by atoms with Crippen LogP contribution < -0.4 is 0 Å². The molecule has 4 heteroatoms. The molecule has 3 nitrogen and oxygen atoms in total. The number of likely N-dealkylation sites (N-methyl/N-ethyl adjacent to an activating group) is 1. The fraction of sp³-hybridized carbons (Fsp3) is 0.350. The Morgan fingerprint density at radius 1 is 0.917 bits per heavy atom. The van der Waals surface area contributed by atoms with Gasteiger partial charge in [0.1, 0.15) is 0 Å². The predicted molar refractivity (Wildman–Crippen MR) is 100 cm³/mol. The van der Waals surface area contributed by atoms with Crippen molar-refractivity contribution in [3.63, 3.8) is 0 Å². The molecule has 2 rings (SSSR count). The van der Waals surface area contributed by atoms with Crippen molar-refractivity contribution >= 4 is 17.5 Å². The van der Waals surface area contributed by atoms with Crippen molar-refractivity contribution in [2.45, 2.75) is 19.4 Å². The molecule has 0 spiro atoms. The highest BCUT2D eigenvalue weighted by atomic mass is 35.5. The molecule has 0 aliphatic rings. The van der Waals surface area contributed by atoms with Crippen LogP contribution in [-0.4, -0.2) is 42.9 Å². The van der Waals surface area contributed by atoms with Gasteiger partial charge in [0.2, 0.25) is 5.91 Å². The summed E-state index contributed by atoms with van der Waals surface area (Å²) in [5.74, 6) is 0.190. The number of amides is 1. The maximum absolute atomic E-state index is 12.7. The van der Waals surface area contributed by atoms with E-state index in [4.69, 9.17) is 11.6 Å². The lowest BCUT2D eigenvalue weighted by Crippen LogP contribution is -2.36. The summed E-state index contributed by atoms with van der Waals surface area (Å²) in [5, 5.41) is 0.724. The summed E-state index contributed by atoms with van der Waals surface area (Å²) in [6.45, 7) is 2.26. The molecule has 0 aliphatic heterocycles. The number of benzene rings is 2. The highest BCUT2D eigenvalue weighted by molar-refractivity contribution is 6.30. The van der Waals surface area contributed by atoms with Crippen LogP contribution in [0.2, 0.25) is 5.02 Å². The van der Waals surface area contributed by atoms with Gasteiger partial charge in [-0.2, -0.15) is 0 Å². The van der Waals surface area contributed by atoms with Crippen molar-refractivity contribution in [2.24, 2.45) is 0 Å². The minimum absolute atomic E-state index is 0.190. The van der Waals surface area contributed by atoms with E-state index in [1.165, 1.54) is 0 Å². The maximum atomic E-state index is 12.7. The van der Waals surface area contributed by atoms with Crippen LogP contribution in [0.5, 0.6) is 0 Å². The van der Waals surface area contributed by atoms with Crippen LogP contribution in [0.4, 0.5) is 0 Å². The number of carbonyl (C=O) groups is 1. The third-order valence-electron chi connectivity index (χ3n) is 3.93. The first kappa shape index (κ1) is 18.5. The smallest absolute Gasteiger partial charge is 0.223 e. The van der Waals surface area contributed by atoms with Gasteiger partial charge in [-0.25, -0.2) is 0 Å². The van der Waals surface area contributed by atoms with Gasteiger partial charge in [0.15, 0.2) is 0 Å². The molecule has 0 aliphatic carbocycles. The van der Waals surface area contributed by atoms with Gasteiger partial charge in [0.25, 0.3) is 0 Å². The van der Waals surface area contributed by atoms with E-state index in [0.717, 1.165) is 35.7 Å². The van der Waals surface area contributed by atoms with Crippen LogP contribution in [0.3, 0.4) is 0 Å². The molecule has 0 saturated carbocycles. The lowest BCUT2D eigenvalue weighted by molar-refractivity contribution is -0.131. The Labute approximate surface area is 149 Å². The number of nitrogens with zero attached hydrogens (tertiary/aromatic N) is 2. The minimum Gasteiger partial charge on any atom is -0.337 e. The second kappa shape index (κ2) is 9.45. The van der Waals surface area contributed by atoms with Crippen molar-refractivity contribution < 1.29 is 4.79 Å². The first-order chi connectivity index (χ1) is 11.5. The Bertz CT molecular complexity index is 626. The monoisotopic (exact) mass is 344 g/mol. The van der Waals surface area contributed by atoms with Crippen molar-refractivity contribution in [1.29, 1.82) is 0 Å². The molecule has 0 N–H and O–H groups in total. The molecular weight excluding hydrogens is 320 g/mol. The van der Waals surface area contributed by atoms with Gasteiger partial charge in [-0.05, 0) is 43.8 Å². The molecule has 0 atom stereocenters. The average Bonchev–Trinajstić information content (AvgIpc) is 2.58. The summed E-state index contributed by atoms with van der Waals surface area (Å²) < 4.78 is 0. The van der Waals surface area contributed by atoms with Crippen molar-refractivity contribution in [2.75, 3.05) is 27.2 Å². The SMILES string of the molecule is CN(C)CCN(Cc1ccccc1)C(=O)CCc1ccc(Cl)cc1. The summed E-state index contributed by atoms with van der Waals surface area (Å²) in [6.07, 6.45) is 1.26. The van der Waals surface area contributed by atoms with Gasteiger partial charge in [-0.3, -0.25) is 4.79 Å². The molecule has 1 amide bonds. The molecule has 0 unspecified atom stereocenters. The standard InChI is InChI=1S/C20H25ClN2O/c1-22(2)14-15-23(16-18-6-4-3-5-7-18)20(24)13-10-17-8-11-19(21)12-9-17/h3-9,11-12H,10,13-16H2,1-2H3. The Morgan fingerprint density at radius 2 is 1.58 bits per heavy atom. The van der Waals surface area contributed by atoms with Gasteiger partial charge in [0.05, 0.1) is 0 Å². The van der Waals surface area contributed by atoms with Crippen LogP contribution in [0, 0.1) is 0 Å². The lowest BCUT2D eigenvalue weighted by Gasteiger charge is -2.24. The molecule has 0 fully saturated rings. The van der Waals surface area contributed by atoms with E-state index in [9.17, 15) is 4.79 Å². The van der Waals surface area contributed by atoms with E-state index in [1.54, 1.807) is 0 Å². The zero-order chi connectivity index (χ0) is 17.4. The van der Waals surface area contributed by atoms with E-state index in [0.29, 0.717) is 13.0 Å². The van der Waals surface area contributed by atoms with E-state index >= 15 is 0 Å². The quantitative estimate of drug-likeness (QED) is 0.726. The van der Waals surface area contributed by atoms with Gasteiger partial charge < -0.3 is 9.80 Å². The number of aryl methyl sites for hydroxylation is 1. The van der Waals surface area contributed by atoms with Gasteiger partial charge >= 0.3 is 0 Å². The normalized spacial score (nSPS) is 10.8. The number of halogens is 1. The third kappa shape index (κ3) is 6.34. The van der Waals surface area contributed by atoms with Crippen molar-refractivity contribution in [3.05, 3.63) is 70.7 Å². The zero-order valence-electron chi connectivity index (χ0n) is 14.4. The summed E-state index contributed by atoms with van der Waals surface area (Å²) in [7, 11) is 4.05. The van der Waals surface area contributed by atoms with E-state index in [-0.39, 0.29) is 5.91 Å². The molecule has 24 heavy (non-hydrogen) atoms. The molecule has 0 radical (unpaired) electrons. The molecule has 0 heterocycles. The van der Waals surface area contributed by atoms with Crippen LogP contribution in [0.15, 0.2) is 54.6 Å². The van der Waals surface area contributed by atoms with E-state index in [2.05, 4.69) is 17.0 Å². The summed E-state index contributed by atoms with van der Waals surface area (Å²) in [5.41, 5.74) is 2.30. The van der Waals surface area contributed by atoms with Crippen LogP contribution in [0.1, 0.15) is 17.5 Å². The molecular formula is C20H25ClN2O. The first-order valence-electron chi connectivity index (χ1n) is 8.25. The molecule has 2 aromatic rings. The number of hydrogen-bond acceptors (Lipinski definition) is 2. The topological polar surface area (TPSA) is 23.6 Å². The average molecular weight is 345 g/mol. The second-order valence-electron chi connectivity index (χ2n) is 6.23. The molecule has 2 aromatic carbocycles. The number of hydrogen-bond donors (Lipinski definition) is 0. The number of carbonyl (C=O) groups excluding carboxylic acids is 1. The van der Waals surface area contributed by atoms with E-state index < -0.39 is 0 Å². The first-order valence-corrected chi connectivity index (χ1v) is 8.63. The van der Waals surface area contributed by atoms with E-state index in [1.807, 2.05) is 61.5 Å². The Hall–Kier alpha value is -1.84. The second-order valence-corrected chi connectivity index (χ2v) is 6.67. The molecule has 0 bridgehead atoms. The summed E-state index contributed by atoms with van der Waals surface area (Å²) >= 11 is 5.91. The fourth-order valence-corrected chi connectivity index (χ4v) is 2.60. The highest BCUT2D eigenvalue weighted by Gasteiger charge is 2.14. The molecule has 0 saturated heterocycles. The van der Waals surface area contributed by atoms with Gasteiger partial charge in [-0.1, -0.05) is 54.1 Å². The highest BCUT2D eigenvalue weighted by Crippen LogP contribution is 2.13. The van der Waals surface area contributed by atoms with Gasteiger partial charge in [0, 0.05) is 31.1 Å². The maximum Gasteiger partial charge on any atom is 0.223 e. The summed E-state index contributed by atoms with van der Waals surface area (Å²) in [4.78, 5) is 16.7. The van der Waals surface area contributed by atoms with Crippen molar-refractivity contribution in [3.8, 4) is 0 Å². The molecule has 0 aromatic heterocycles. The number of rotatable bonds is 8. The zero-order valence-corrected chi connectivity index (χ0v) is 15.2.